The van der Waals surface area contributed by atoms with E-state index < -0.39 is 21.6 Å². The molecule has 1 aromatic heterocycles. The maximum absolute atomic E-state index is 13.4. The number of hydrogen-bond donors (Lipinski definition) is 1. The second kappa shape index (κ2) is 6.74. The first-order valence-electron chi connectivity index (χ1n) is 8.04. The van der Waals surface area contributed by atoms with Gasteiger partial charge in [-0.15, -0.1) is 11.3 Å². The van der Waals surface area contributed by atoms with Crippen molar-refractivity contribution in [3.8, 4) is 0 Å². The third-order valence-corrected chi connectivity index (χ3v) is 7.80. The minimum atomic E-state index is -3.78. The van der Waals surface area contributed by atoms with Gasteiger partial charge in [-0.05, 0) is 29.8 Å². The number of hydrogen-bond acceptors (Lipinski definition) is 4. The summed E-state index contributed by atoms with van der Waals surface area (Å²) >= 11 is 7.43. The van der Waals surface area contributed by atoms with E-state index in [1.54, 1.807) is 18.2 Å². The summed E-state index contributed by atoms with van der Waals surface area (Å²) in [7, 11) is -3.78. The van der Waals surface area contributed by atoms with Gasteiger partial charge < -0.3 is 5.32 Å². The lowest BCUT2D eigenvalue weighted by molar-refractivity contribution is -0.116. The molecule has 4 rings (SSSR count). The van der Waals surface area contributed by atoms with E-state index in [0.29, 0.717) is 10.4 Å². The molecule has 0 saturated carbocycles. The van der Waals surface area contributed by atoms with Crippen LogP contribution in [0, 0.1) is 5.82 Å². The van der Waals surface area contributed by atoms with Crippen molar-refractivity contribution < 1.29 is 17.6 Å². The van der Waals surface area contributed by atoms with Crippen LogP contribution in [0.1, 0.15) is 22.8 Å². The third kappa shape index (κ3) is 3.16. The van der Waals surface area contributed by atoms with Crippen LogP contribution in [0.15, 0.2) is 63.7 Å². The number of anilines is 1. The normalized spacial score (nSPS) is 16.7. The second-order valence-corrected chi connectivity index (χ2v) is 9.36. The van der Waals surface area contributed by atoms with Crippen molar-refractivity contribution in [2.45, 2.75) is 22.1 Å². The molecule has 0 spiro atoms. The summed E-state index contributed by atoms with van der Waals surface area (Å²) in [5, 5.41) is 4.43. The summed E-state index contributed by atoms with van der Waals surface area (Å²) in [5.41, 5.74) is 0.880. The van der Waals surface area contributed by atoms with E-state index >= 15 is 0 Å². The Hall–Kier alpha value is -2.22. The molecule has 0 aliphatic carbocycles. The number of halogens is 2. The fraction of sp³-hybridized carbons (Fsp3) is 0.105. The Kier molecular flexibility index (Phi) is 4.53. The van der Waals surface area contributed by atoms with Crippen molar-refractivity contribution in [3.63, 3.8) is 0 Å². The Labute approximate surface area is 164 Å². The molecule has 1 amide bonds. The molecule has 1 aliphatic rings. The summed E-state index contributed by atoms with van der Waals surface area (Å²) in [6, 6.07) is 12.1. The van der Waals surface area contributed by atoms with Crippen molar-refractivity contribution >= 4 is 44.4 Å². The van der Waals surface area contributed by atoms with Gasteiger partial charge in [0.15, 0.2) is 0 Å². The topological polar surface area (TPSA) is 63.2 Å². The number of carbonyl (C=O) groups is 1. The number of thiophene rings is 1. The van der Waals surface area contributed by atoms with Crippen LogP contribution < -0.4 is 5.32 Å². The van der Waals surface area contributed by atoms with Crippen molar-refractivity contribution in [1.82, 2.24) is 0 Å². The van der Waals surface area contributed by atoms with Gasteiger partial charge in [0.25, 0.3) is 0 Å². The van der Waals surface area contributed by atoms with E-state index in [2.05, 4.69) is 5.32 Å². The predicted octanol–water partition coefficient (Wildman–Crippen LogP) is 4.85. The van der Waals surface area contributed by atoms with E-state index in [9.17, 15) is 17.6 Å². The van der Waals surface area contributed by atoms with E-state index in [1.807, 2.05) is 0 Å². The average Bonchev–Trinajstić information content (AvgIpc) is 3.06. The lowest BCUT2D eigenvalue weighted by Crippen LogP contribution is -2.23. The van der Waals surface area contributed by atoms with Crippen LogP contribution in [0.25, 0.3) is 0 Å². The standard InChI is InChI=1S/C19H13ClFNO3S2/c20-15-8-11(21)6-7-13(15)14-9-17(23)22-18-16(10-26-19(14)18)27(24,25)12-4-2-1-3-5-12/h1-8,10,14H,9H2,(H,22,23)/t14-/m0/s1. The second-order valence-electron chi connectivity index (χ2n) is 6.13. The molecule has 0 unspecified atom stereocenters. The van der Waals surface area contributed by atoms with Gasteiger partial charge in [0.1, 0.15) is 10.7 Å². The van der Waals surface area contributed by atoms with E-state index in [1.165, 1.54) is 47.0 Å². The molecule has 1 atom stereocenters. The van der Waals surface area contributed by atoms with Gasteiger partial charge >= 0.3 is 0 Å². The number of fused-ring (bicyclic) bond motifs is 1. The zero-order valence-corrected chi connectivity index (χ0v) is 16.2. The van der Waals surface area contributed by atoms with E-state index in [-0.39, 0.29) is 32.8 Å². The largest absolute Gasteiger partial charge is 0.324 e. The Bertz CT molecular complexity index is 1140. The monoisotopic (exact) mass is 421 g/mol. The number of amides is 1. The number of carbonyl (C=O) groups excluding carboxylic acids is 1. The van der Waals surface area contributed by atoms with E-state index in [0.717, 1.165) is 0 Å². The zero-order valence-electron chi connectivity index (χ0n) is 13.8. The molecule has 1 aliphatic heterocycles. The summed E-state index contributed by atoms with van der Waals surface area (Å²) in [4.78, 5) is 13.2. The molecule has 4 nitrogen and oxygen atoms in total. The minimum absolute atomic E-state index is 0.0602. The molecule has 0 fully saturated rings. The van der Waals surface area contributed by atoms with Crippen molar-refractivity contribution in [2.24, 2.45) is 0 Å². The fourth-order valence-corrected chi connectivity index (χ4v) is 6.38. The van der Waals surface area contributed by atoms with Crippen LogP contribution in [-0.2, 0) is 14.6 Å². The van der Waals surface area contributed by atoms with Crippen LogP contribution in [0.3, 0.4) is 0 Å². The van der Waals surface area contributed by atoms with Crippen molar-refractivity contribution in [2.75, 3.05) is 5.32 Å². The Morgan fingerprint density at radius 3 is 2.59 bits per heavy atom. The smallest absolute Gasteiger partial charge is 0.225 e. The van der Waals surface area contributed by atoms with Crippen LogP contribution >= 0.6 is 22.9 Å². The summed E-state index contributed by atoms with van der Waals surface area (Å²) in [6.45, 7) is 0. The van der Waals surface area contributed by atoms with E-state index in [4.69, 9.17) is 11.6 Å². The number of nitrogens with one attached hydrogen (secondary N) is 1. The number of benzene rings is 2. The zero-order chi connectivity index (χ0) is 19.2. The minimum Gasteiger partial charge on any atom is -0.324 e. The molecule has 8 heteroatoms. The predicted molar refractivity (Wildman–Crippen MR) is 103 cm³/mol. The summed E-state index contributed by atoms with van der Waals surface area (Å²) in [6.07, 6.45) is 0.115. The quantitative estimate of drug-likeness (QED) is 0.657. The average molecular weight is 422 g/mol. The molecule has 27 heavy (non-hydrogen) atoms. The first kappa shape index (κ1) is 18.2. The molecule has 138 valence electrons. The van der Waals surface area contributed by atoms with Crippen LogP contribution in [0.4, 0.5) is 10.1 Å². The number of rotatable bonds is 3. The Balaban J connectivity index is 1.85. The Morgan fingerprint density at radius 1 is 1.15 bits per heavy atom. The lowest BCUT2D eigenvalue weighted by atomic mass is 9.90. The third-order valence-electron chi connectivity index (χ3n) is 4.44. The van der Waals surface area contributed by atoms with Gasteiger partial charge in [-0.3, -0.25) is 4.79 Å². The van der Waals surface area contributed by atoms with Gasteiger partial charge in [0.2, 0.25) is 15.7 Å². The van der Waals surface area contributed by atoms with Crippen LogP contribution in [0.5, 0.6) is 0 Å². The molecule has 0 saturated heterocycles. The maximum Gasteiger partial charge on any atom is 0.225 e. The molecule has 1 N–H and O–H groups in total. The van der Waals surface area contributed by atoms with Gasteiger partial charge in [0, 0.05) is 27.6 Å². The molecule has 3 aromatic rings. The lowest BCUT2D eigenvalue weighted by Gasteiger charge is -2.24. The molecule has 0 radical (unpaired) electrons. The van der Waals surface area contributed by atoms with Crippen LogP contribution in [0.2, 0.25) is 5.02 Å². The number of sulfone groups is 1. The van der Waals surface area contributed by atoms with Crippen molar-refractivity contribution in [1.29, 1.82) is 0 Å². The molecular weight excluding hydrogens is 409 g/mol. The van der Waals surface area contributed by atoms with Gasteiger partial charge in [-0.2, -0.15) is 0 Å². The highest BCUT2D eigenvalue weighted by molar-refractivity contribution is 7.91. The fourth-order valence-electron chi connectivity index (χ4n) is 3.16. The molecule has 2 heterocycles. The van der Waals surface area contributed by atoms with Gasteiger partial charge in [-0.25, -0.2) is 12.8 Å². The maximum atomic E-state index is 13.4. The van der Waals surface area contributed by atoms with Crippen molar-refractivity contribution in [3.05, 3.63) is 75.2 Å². The van der Waals surface area contributed by atoms with Gasteiger partial charge in [-0.1, -0.05) is 35.9 Å². The van der Waals surface area contributed by atoms with Crippen LogP contribution in [-0.4, -0.2) is 14.3 Å². The highest BCUT2D eigenvalue weighted by Crippen LogP contribution is 2.47. The molecule has 0 bridgehead atoms. The highest BCUT2D eigenvalue weighted by Gasteiger charge is 2.35. The summed E-state index contributed by atoms with van der Waals surface area (Å²) < 4.78 is 39.4. The Morgan fingerprint density at radius 2 is 1.89 bits per heavy atom. The SMILES string of the molecule is O=C1C[C@@H](c2ccc(F)cc2Cl)c2scc(S(=O)(=O)c3ccccc3)c2N1. The first-order valence-corrected chi connectivity index (χ1v) is 10.8. The first-order chi connectivity index (χ1) is 12.9. The molecular formula is C19H13ClFNO3S2. The highest BCUT2D eigenvalue weighted by atomic mass is 35.5. The van der Waals surface area contributed by atoms with Gasteiger partial charge in [0.05, 0.1) is 10.6 Å². The summed E-state index contributed by atoms with van der Waals surface area (Å²) in [5.74, 6) is -1.20. The molecule has 2 aromatic carbocycles.